The van der Waals surface area contributed by atoms with Gasteiger partial charge in [-0.1, -0.05) is 41.0 Å². The van der Waals surface area contributed by atoms with Crippen molar-refractivity contribution in [1.82, 2.24) is 15.1 Å². The number of aryl methyl sites for hydroxylation is 1. The molecule has 1 fully saturated rings. The fourth-order valence-corrected chi connectivity index (χ4v) is 4.00. The summed E-state index contributed by atoms with van der Waals surface area (Å²) in [6, 6.07) is 13.8. The Morgan fingerprint density at radius 2 is 2.14 bits per heavy atom. The molecule has 146 valence electrons. The number of amides is 1. The number of carbonyl (C=O) groups excluding carboxylic acids is 1. The molecule has 29 heavy (non-hydrogen) atoms. The minimum absolute atomic E-state index is 0.0397. The first-order valence-corrected chi connectivity index (χ1v) is 9.90. The number of nitrogens with one attached hydrogen (secondary N) is 1. The van der Waals surface area contributed by atoms with E-state index in [2.05, 4.69) is 21.2 Å². The van der Waals surface area contributed by atoms with E-state index in [1.165, 1.54) is 0 Å². The number of anilines is 1. The van der Waals surface area contributed by atoms with Crippen LogP contribution in [0.5, 0.6) is 0 Å². The molecule has 0 bridgehead atoms. The van der Waals surface area contributed by atoms with Gasteiger partial charge in [0.2, 0.25) is 11.8 Å². The summed E-state index contributed by atoms with van der Waals surface area (Å²) in [5, 5.41) is 5.95. The monoisotopic (exact) mass is 406 g/mol. The summed E-state index contributed by atoms with van der Waals surface area (Å²) >= 11 is 6.23. The van der Waals surface area contributed by atoms with Crippen molar-refractivity contribution in [3.8, 4) is 0 Å². The number of rotatable bonds is 4. The van der Waals surface area contributed by atoms with Crippen LogP contribution in [0, 0.1) is 6.92 Å². The summed E-state index contributed by atoms with van der Waals surface area (Å²) in [5.41, 5.74) is 3.97. The van der Waals surface area contributed by atoms with E-state index in [-0.39, 0.29) is 11.8 Å². The van der Waals surface area contributed by atoms with E-state index < -0.39 is 0 Å². The Bertz CT molecular complexity index is 1210. The zero-order chi connectivity index (χ0) is 20.0. The molecular formula is C22H19ClN4O2. The van der Waals surface area contributed by atoms with E-state index in [1.54, 1.807) is 4.90 Å². The van der Waals surface area contributed by atoms with E-state index >= 15 is 0 Å². The molecule has 6 nitrogen and oxygen atoms in total. The van der Waals surface area contributed by atoms with Gasteiger partial charge in [0.05, 0.1) is 6.42 Å². The number of carbonyl (C=O) groups is 1. The van der Waals surface area contributed by atoms with Crippen LogP contribution in [0.2, 0.25) is 5.02 Å². The normalized spacial score (nSPS) is 16.8. The van der Waals surface area contributed by atoms with E-state index in [1.807, 2.05) is 49.5 Å². The number of aromatic nitrogens is 3. The molecule has 1 aliphatic heterocycles. The van der Waals surface area contributed by atoms with Crippen LogP contribution < -0.4 is 4.90 Å². The van der Waals surface area contributed by atoms with Crippen LogP contribution >= 0.6 is 11.6 Å². The summed E-state index contributed by atoms with van der Waals surface area (Å²) in [7, 11) is 0. The van der Waals surface area contributed by atoms with Gasteiger partial charge in [-0.05, 0) is 36.2 Å². The van der Waals surface area contributed by atoms with Crippen LogP contribution in [0.25, 0.3) is 10.9 Å². The number of H-pyrrole nitrogens is 1. The Morgan fingerprint density at radius 3 is 3.00 bits per heavy atom. The van der Waals surface area contributed by atoms with E-state index in [4.69, 9.17) is 16.1 Å². The first-order valence-electron chi connectivity index (χ1n) is 9.52. The minimum Gasteiger partial charge on any atom is -0.361 e. The highest BCUT2D eigenvalue weighted by Gasteiger charge is 2.34. The largest absolute Gasteiger partial charge is 0.361 e. The lowest BCUT2D eigenvalue weighted by molar-refractivity contribution is -0.117. The Morgan fingerprint density at radius 1 is 1.28 bits per heavy atom. The van der Waals surface area contributed by atoms with Crippen molar-refractivity contribution in [3.63, 3.8) is 0 Å². The summed E-state index contributed by atoms with van der Waals surface area (Å²) in [6.45, 7) is 2.46. The predicted molar refractivity (Wildman–Crippen MR) is 111 cm³/mol. The molecule has 3 heterocycles. The lowest BCUT2D eigenvalue weighted by atomic mass is 10.1. The highest BCUT2D eigenvalue weighted by molar-refractivity contribution is 6.31. The van der Waals surface area contributed by atoms with Crippen molar-refractivity contribution < 1.29 is 9.32 Å². The van der Waals surface area contributed by atoms with Crippen LogP contribution in [-0.4, -0.2) is 27.6 Å². The quantitative estimate of drug-likeness (QED) is 0.536. The second-order valence-electron chi connectivity index (χ2n) is 7.42. The van der Waals surface area contributed by atoms with Crippen molar-refractivity contribution in [2.75, 3.05) is 11.4 Å². The van der Waals surface area contributed by atoms with Crippen molar-refractivity contribution in [3.05, 3.63) is 76.5 Å². The Kier molecular flexibility index (Phi) is 4.36. The Labute approximate surface area is 172 Å². The first-order chi connectivity index (χ1) is 14.1. The third-order valence-electron chi connectivity index (χ3n) is 5.46. The fourth-order valence-electron chi connectivity index (χ4n) is 3.83. The fraction of sp³-hybridized carbons (Fsp3) is 0.227. The SMILES string of the molecule is Cc1ccc(N2CC(c3noc(Cc4c[nH]c5ccccc45)n3)CC2=O)cc1Cl. The Balaban J connectivity index is 1.34. The number of halogens is 1. The lowest BCUT2D eigenvalue weighted by Gasteiger charge is -2.17. The molecular weight excluding hydrogens is 388 g/mol. The van der Waals surface area contributed by atoms with Crippen LogP contribution in [-0.2, 0) is 11.2 Å². The van der Waals surface area contributed by atoms with Crippen LogP contribution in [0.1, 0.15) is 35.2 Å². The van der Waals surface area contributed by atoms with Gasteiger partial charge in [-0.2, -0.15) is 4.98 Å². The maximum Gasteiger partial charge on any atom is 0.231 e. The second kappa shape index (κ2) is 7.04. The third-order valence-corrected chi connectivity index (χ3v) is 5.86. The molecule has 1 aliphatic rings. The van der Waals surface area contributed by atoms with Gasteiger partial charge in [0.1, 0.15) is 0 Å². The Hall–Kier alpha value is -3.12. The van der Waals surface area contributed by atoms with Gasteiger partial charge in [0, 0.05) is 46.7 Å². The molecule has 1 N–H and O–H groups in total. The lowest BCUT2D eigenvalue weighted by Crippen LogP contribution is -2.24. The van der Waals surface area contributed by atoms with Crippen molar-refractivity contribution >= 4 is 34.1 Å². The topological polar surface area (TPSA) is 75.0 Å². The molecule has 5 rings (SSSR count). The number of para-hydroxylation sites is 1. The summed E-state index contributed by atoms with van der Waals surface area (Å²) in [4.78, 5) is 22.1. The molecule has 1 saturated heterocycles. The standard InChI is InChI=1S/C22H19ClN4O2/c1-13-6-7-16(10-18(13)23)27-12-15(9-21(27)28)22-25-20(29-26-22)8-14-11-24-19-5-3-2-4-17(14)19/h2-7,10-11,15,24H,8-9,12H2,1H3. The van der Waals surface area contributed by atoms with Gasteiger partial charge in [0.25, 0.3) is 0 Å². The third kappa shape index (κ3) is 3.29. The van der Waals surface area contributed by atoms with Crippen LogP contribution in [0.15, 0.2) is 53.2 Å². The second-order valence-corrected chi connectivity index (χ2v) is 7.83. The van der Waals surface area contributed by atoms with Crippen molar-refractivity contribution in [2.45, 2.75) is 25.7 Å². The average molecular weight is 407 g/mol. The first kappa shape index (κ1) is 17.9. The van der Waals surface area contributed by atoms with Crippen molar-refractivity contribution in [2.24, 2.45) is 0 Å². The predicted octanol–water partition coefficient (Wildman–Crippen LogP) is 4.62. The van der Waals surface area contributed by atoms with Gasteiger partial charge >= 0.3 is 0 Å². The molecule has 4 aromatic rings. The molecule has 2 aromatic carbocycles. The summed E-state index contributed by atoms with van der Waals surface area (Å²) < 4.78 is 5.48. The molecule has 7 heteroatoms. The zero-order valence-corrected chi connectivity index (χ0v) is 16.6. The highest BCUT2D eigenvalue weighted by atomic mass is 35.5. The molecule has 0 spiro atoms. The minimum atomic E-state index is -0.0944. The van der Waals surface area contributed by atoms with Gasteiger partial charge < -0.3 is 14.4 Å². The zero-order valence-electron chi connectivity index (χ0n) is 15.9. The van der Waals surface area contributed by atoms with Gasteiger partial charge in [-0.25, -0.2) is 0 Å². The smallest absolute Gasteiger partial charge is 0.231 e. The average Bonchev–Trinajstić information content (AvgIpc) is 3.44. The van der Waals surface area contributed by atoms with Crippen LogP contribution in [0.3, 0.4) is 0 Å². The molecule has 1 atom stereocenters. The number of aromatic amines is 1. The van der Waals surface area contributed by atoms with Crippen LogP contribution in [0.4, 0.5) is 5.69 Å². The van der Waals surface area contributed by atoms with Gasteiger partial charge in [-0.3, -0.25) is 4.79 Å². The van der Waals surface area contributed by atoms with E-state index in [0.717, 1.165) is 27.7 Å². The summed E-state index contributed by atoms with van der Waals surface area (Å²) in [6.07, 6.45) is 2.88. The molecule has 1 amide bonds. The number of benzene rings is 2. The molecule has 0 saturated carbocycles. The van der Waals surface area contributed by atoms with E-state index in [9.17, 15) is 4.79 Å². The van der Waals surface area contributed by atoms with Gasteiger partial charge in [-0.15, -0.1) is 0 Å². The number of hydrogen-bond donors (Lipinski definition) is 1. The van der Waals surface area contributed by atoms with Gasteiger partial charge in [0.15, 0.2) is 5.82 Å². The number of hydrogen-bond acceptors (Lipinski definition) is 4. The maximum absolute atomic E-state index is 12.6. The molecule has 0 radical (unpaired) electrons. The molecule has 1 unspecified atom stereocenters. The van der Waals surface area contributed by atoms with E-state index in [0.29, 0.717) is 36.1 Å². The molecule has 2 aromatic heterocycles. The maximum atomic E-state index is 12.6. The molecule has 0 aliphatic carbocycles. The number of fused-ring (bicyclic) bond motifs is 1. The highest BCUT2D eigenvalue weighted by Crippen LogP contribution is 2.32. The number of nitrogens with zero attached hydrogens (tertiary/aromatic N) is 3. The van der Waals surface area contributed by atoms with Crippen molar-refractivity contribution in [1.29, 1.82) is 0 Å². The summed E-state index contributed by atoms with van der Waals surface area (Å²) in [5.74, 6) is 1.07.